The van der Waals surface area contributed by atoms with E-state index >= 15 is 0 Å². The average molecular weight is 500 g/mol. The number of hydrogen-bond acceptors (Lipinski definition) is 6. The van der Waals surface area contributed by atoms with Gasteiger partial charge in [-0.05, 0) is 67.1 Å². The first-order chi connectivity index (χ1) is 18.0. The van der Waals surface area contributed by atoms with Gasteiger partial charge < -0.3 is 20.5 Å². The number of nitrogens with zero attached hydrogens (tertiary/aromatic N) is 2. The quantitative estimate of drug-likeness (QED) is 0.245. The van der Waals surface area contributed by atoms with Gasteiger partial charge in [0.25, 0.3) is 5.91 Å². The Labute approximate surface area is 214 Å². The van der Waals surface area contributed by atoms with Crippen molar-refractivity contribution < 1.29 is 19.4 Å². The van der Waals surface area contributed by atoms with Gasteiger partial charge in [-0.15, -0.1) is 0 Å². The molecule has 1 amide bonds. The van der Waals surface area contributed by atoms with Crippen LogP contribution in [0.3, 0.4) is 0 Å². The van der Waals surface area contributed by atoms with Gasteiger partial charge in [0.05, 0.1) is 18.3 Å². The Morgan fingerprint density at radius 2 is 1.97 bits per heavy atom. The third-order valence-corrected chi connectivity index (χ3v) is 6.47. The minimum absolute atomic E-state index is 0.158. The number of fused-ring (bicyclic) bond motifs is 2. The molecule has 0 bridgehead atoms. The number of carboxylic acid groups (broad SMARTS) is 1. The zero-order valence-electron chi connectivity index (χ0n) is 20.4. The molecule has 0 unspecified atom stereocenters. The summed E-state index contributed by atoms with van der Waals surface area (Å²) in [6.07, 6.45) is 5.72. The summed E-state index contributed by atoms with van der Waals surface area (Å²) in [5.74, 6) is 0.179. The van der Waals surface area contributed by atoms with Crippen LogP contribution < -0.4 is 15.4 Å². The lowest BCUT2D eigenvalue weighted by atomic mass is 10.0. The third kappa shape index (κ3) is 6.06. The van der Waals surface area contributed by atoms with Gasteiger partial charge in [0.2, 0.25) is 0 Å². The minimum Gasteiger partial charge on any atom is -0.494 e. The number of ether oxygens (including phenoxy) is 1. The molecule has 0 aliphatic carbocycles. The Balaban J connectivity index is 1.11. The molecule has 37 heavy (non-hydrogen) atoms. The smallest absolute Gasteiger partial charge is 0.326 e. The maximum Gasteiger partial charge on any atom is 0.326 e. The summed E-state index contributed by atoms with van der Waals surface area (Å²) < 4.78 is 5.86. The fraction of sp³-hybridized carbons (Fsp3) is 0.286. The molecule has 5 rings (SSSR count). The molecule has 2 aromatic carbocycles. The first-order valence-corrected chi connectivity index (χ1v) is 12.5. The molecule has 1 aliphatic rings. The van der Waals surface area contributed by atoms with Crippen LogP contribution >= 0.6 is 0 Å². The van der Waals surface area contributed by atoms with Gasteiger partial charge in [0.15, 0.2) is 0 Å². The molecule has 0 saturated carbocycles. The molecule has 0 fully saturated rings. The summed E-state index contributed by atoms with van der Waals surface area (Å²) >= 11 is 0. The Kier molecular flexibility index (Phi) is 7.30. The number of hydrogen-bond donors (Lipinski definition) is 4. The van der Waals surface area contributed by atoms with Gasteiger partial charge in [-0.3, -0.25) is 9.89 Å². The molecule has 2 aromatic heterocycles. The van der Waals surface area contributed by atoms with E-state index in [1.54, 1.807) is 24.4 Å². The Morgan fingerprint density at radius 3 is 2.81 bits per heavy atom. The topological polar surface area (TPSA) is 129 Å². The molecule has 0 saturated heterocycles. The van der Waals surface area contributed by atoms with Crippen LogP contribution in [0.4, 0.5) is 5.82 Å². The van der Waals surface area contributed by atoms with E-state index in [1.165, 1.54) is 5.56 Å². The van der Waals surface area contributed by atoms with Gasteiger partial charge in [0, 0.05) is 29.6 Å². The van der Waals surface area contributed by atoms with Crippen molar-refractivity contribution in [1.82, 2.24) is 20.5 Å². The van der Waals surface area contributed by atoms with Crippen LogP contribution in [0, 0.1) is 0 Å². The van der Waals surface area contributed by atoms with Crippen LogP contribution in [0.1, 0.15) is 40.0 Å². The first-order valence-electron chi connectivity index (χ1n) is 12.5. The molecule has 9 nitrogen and oxygen atoms in total. The number of aromatic amines is 1. The summed E-state index contributed by atoms with van der Waals surface area (Å²) in [6, 6.07) is 15.6. The van der Waals surface area contributed by atoms with E-state index in [9.17, 15) is 14.7 Å². The van der Waals surface area contributed by atoms with E-state index in [1.807, 2.05) is 24.3 Å². The maximum atomic E-state index is 12.7. The number of amides is 1. The van der Waals surface area contributed by atoms with Gasteiger partial charge in [-0.1, -0.05) is 24.3 Å². The number of rotatable bonds is 10. The lowest BCUT2D eigenvalue weighted by molar-refractivity contribution is -0.139. The number of benzene rings is 2. The number of aliphatic carboxylic acids is 1. The minimum atomic E-state index is -1.10. The molecule has 9 heteroatoms. The Hall–Kier alpha value is -4.40. The van der Waals surface area contributed by atoms with Crippen LogP contribution in [0.2, 0.25) is 0 Å². The van der Waals surface area contributed by atoms with Crippen molar-refractivity contribution in [3.05, 3.63) is 83.2 Å². The maximum absolute atomic E-state index is 12.7. The summed E-state index contributed by atoms with van der Waals surface area (Å²) in [5.41, 5.74) is 4.21. The van der Waals surface area contributed by atoms with Crippen LogP contribution in [0.5, 0.6) is 5.75 Å². The number of carbonyl (C=O) groups is 2. The number of anilines is 1. The monoisotopic (exact) mass is 499 g/mol. The highest BCUT2D eigenvalue weighted by atomic mass is 16.5. The van der Waals surface area contributed by atoms with E-state index in [-0.39, 0.29) is 6.42 Å². The fourth-order valence-corrected chi connectivity index (χ4v) is 4.43. The molecule has 4 aromatic rings. The van der Waals surface area contributed by atoms with Gasteiger partial charge in [0.1, 0.15) is 17.6 Å². The number of H-pyrrole nitrogens is 1. The van der Waals surface area contributed by atoms with Gasteiger partial charge in [-0.2, -0.15) is 5.10 Å². The van der Waals surface area contributed by atoms with Crippen molar-refractivity contribution in [2.24, 2.45) is 0 Å². The van der Waals surface area contributed by atoms with Crippen molar-refractivity contribution in [3.8, 4) is 5.75 Å². The lowest BCUT2D eigenvalue weighted by Crippen LogP contribution is -2.42. The third-order valence-electron chi connectivity index (χ3n) is 6.47. The SMILES string of the molecule is O=C(N[C@@H](Cc1ccc(OCCCc2ccc3c(n2)NCCC3)cc1)C(=O)O)c1ccc2cn[nH]c2c1. The number of aryl methyl sites for hydroxylation is 2. The molecule has 4 N–H and O–H groups in total. The van der Waals surface area contributed by atoms with Crippen molar-refractivity contribution in [2.45, 2.75) is 38.1 Å². The summed E-state index contributed by atoms with van der Waals surface area (Å²) in [4.78, 5) is 29.2. The largest absolute Gasteiger partial charge is 0.494 e. The molecule has 0 spiro atoms. The second-order valence-corrected chi connectivity index (χ2v) is 9.18. The lowest BCUT2D eigenvalue weighted by Gasteiger charge is -2.17. The van der Waals surface area contributed by atoms with Gasteiger partial charge in [-0.25, -0.2) is 9.78 Å². The normalized spacial score (nSPS) is 13.4. The molecular weight excluding hydrogens is 470 g/mol. The van der Waals surface area contributed by atoms with Crippen LogP contribution in [-0.2, 0) is 24.1 Å². The van der Waals surface area contributed by atoms with E-state index in [2.05, 4.69) is 33.0 Å². The number of carboxylic acids is 1. The zero-order chi connectivity index (χ0) is 25.6. The van der Waals surface area contributed by atoms with E-state index in [4.69, 9.17) is 9.72 Å². The predicted octanol–water partition coefficient (Wildman–Crippen LogP) is 3.75. The predicted molar refractivity (Wildman–Crippen MR) is 140 cm³/mol. The van der Waals surface area contributed by atoms with Crippen molar-refractivity contribution >= 4 is 28.6 Å². The van der Waals surface area contributed by atoms with Crippen LogP contribution in [0.25, 0.3) is 10.9 Å². The number of pyridine rings is 1. The molecule has 0 radical (unpaired) electrons. The van der Waals surface area contributed by atoms with Crippen molar-refractivity contribution in [1.29, 1.82) is 0 Å². The van der Waals surface area contributed by atoms with Crippen molar-refractivity contribution in [3.63, 3.8) is 0 Å². The average Bonchev–Trinajstić information content (AvgIpc) is 3.39. The first kappa shape index (κ1) is 24.3. The second-order valence-electron chi connectivity index (χ2n) is 9.18. The number of nitrogens with one attached hydrogen (secondary N) is 3. The second kappa shape index (κ2) is 11.1. The fourth-order valence-electron chi connectivity index (χ4n) is 4.43. The van der Waals surface area contributed by atoms with E-state index in [0.29, 0.717) is 23.4 Å². The molecule has 190 valence electrons. The summed E-state index contributed by atoms with van der Waals surface area (Å²) in [7, 11) is 0. The van der Waals surface area contributed by atoms with Crippen LogP contribution in [0.15, 0.2) is 60.8 Å². The standard InChI is InChI=1S/C28H29N5O4/c34-27(20-7-8-21-17-30-33-24(21)16-20)32-25(28(35)36)15-18-5-11-23(12-6-18)37-14-2-4-22-10-9-19-3-1-13-29-26(19)31-22/h5-12,16-17,25H,1-4,13-15H2,(H,29,31)(H,30,33)(H,32,34)(H,35,36)/t25-/m0/s1. The molecular formula is C28H29N5O4. The Bertz CT molecular complexity index is 1400. The molecule has 3 heterocycles. The van der Waals surface area contributed by atoms with Crippen LogP contribution in [-0.4, -0.2) is 51.4 Å². The number of aromatic nitrogens is 3. The highest BCUT2D eigenvalue weighted by Crippen LogP contribution is 2.20. The summed E-state index contributed by atoms with van der Waals surface area (Å²) in [5, 5.41) is 23.3. The van der Waals surface area contributed by atoms with E-state index in [0.717, 1.165) is 54.7 Å². The molecule has 1 atom stereocenters. The van der Waals surface area contributed by atoms with Crippen molar-refractivity contribution in [2.75, 3.05) is 18.5 Å². The zero-order valence-corrected chi connectivity index (χ0v) is 20.4. The molecule has 1 aliphatic heterocycles. The van der Waals surface area contributed by atoms with Gasteiger partial charge >= 0.3 is 5.97 Å². The van der Waals surface area contributed by atoms with E-state index < -0.39 is 17.9 Å². The Morgan fingerprint density at radius 1 is 1.11 bits per heavy atom. The highest BCUT2D eigenvalue weighted by molar-refractivity contribution is 5.99. The summed E-state index contributed by atoms with van der Waals surface area (Å²) in [6.45, 7) is 1.53. The number of carbonyl (C=O) groups excluding carboxylic acids is 1. The highest BCUT2D eigenvalue weighted by Gasteiger charge is 2.21.